The molecule has 0 radical (unpaired) electrons. The fourth-order valence-corrected chi connectivity index (χ4v) is 3.00. The highest BCUT2D eigenvalue weighted by molar-refractivity contribution is 5.95. The molecule has 2 aromatic carbocycles. The summed E-state index contributed by atoms with van der Waals surface area (Å²) in [7, 11) is 0. The largest absolute Gasteiger partial charge is 0.416 e. The number of halogens is 4. The predicted octanol–water partition coefficient (Wildman–Crippen LogP) is 3.57. The molecule has 4 nitrogen and oxygen atoms in total. The highest BCUT2D eigenvalue weighted by Gasteiger charge is 2.30. The Kier molecular flexibility index (Phi) is 6.31. The van der Waals surface area contributed by atoms with Crippen LogP contribution in [0.5, 0.6) is 0 Å². The van der Waals surface area contributed by atoms with E-state index in [0.717, 1.165) is 31.3 Å². The zero-order valence-electron chi connectivity index (χ0n) is 15.1. The Bertz CT molecular complexity index is 833. The second-order valence-corrected chi connectivity index (χ2v) is 6.48. The van der Waals surface area contributed by atoms with Gasteiger partial charge in [0, 0.05) is 26.2 Å². The summed E-state index contributed by atoms with van der Waals surface area (Å²) in [6, 6.07) is 8.44. The molecule has 1 aliphatic heterocycles. The van der Waals surface area contributed by atoms with E-state index >= 15 is 0 Å². The van der Waals surface area contributed by atoms with Crippen molar-refractivity contribution in [2.45, 2.75) is 6.18 Å². The molecule has 0 aliphatic carbocycles. The SMILES string of the molecule is O=C(NCCN1CCOCC1)c1ccc(-c2cccc(C(F)(F)F)c2)cc1F. The third kappa shape index (κ3) is 5.08. The van der Waals surface area contributed by atoms with E-state index in [1.807, 2.05) is 0 Å². The molecule has 0 bridgehead atoms. The van der Waals surface area contributed by atoms with Crippen LogP contribution in [0.4, 0.5) is 17.6 Å². The lowest BCUT2D eigenvalue weighted by molar-refractivity contribution is -0.137. The van der Waals surface area contributed by atoms with E-state index in [9.17, 15) is 22.4 Å². The first-order valence-corrected chi connectivity index (χ1v) is 8.90. The number of rotatable bonds is 5. The molecule has 0 unspecified atom stereocenters. The van der Waals surface area contributed by atoms with Crippen molar-refractivity contribution in [1.29, 1.82) is 0 Å². The lowest BCUT2D eigenvalue weighted by Crippen LogP contribution is -2.41. The second-order valence-electron chi connectivity index (χ2n) is 6.48. The standard InChI is InChI=1S/C20H20F4N2O2/c21-18-13-15(14-2-1-3-16(12-14)20(22,23)24)4-5-17(18)19(27)25-6-7-26-8-10-28-11-9-26/h1-5,12-13H,6-11H2,(H,25,27). The fraction of sp³-hybridized carbons (Fsp3) is 0.350. The number of nitrogens with zero attached hydrogens (tertiary/aromatic N) is 1. The van der Waals surface area contributed by atoms with Crippen LogP contribution in [0.25, 0.3) is 11.1 Å². The molecule has 0 atom stereocenters. The summed E-state index contributed by atoms with van der Waals surface area (Å²) >= 11 is 0. The smallest absolute Gasteiger partial charge is 0.379 e. The van der Waals surface area contributed by atoms with Gasteiger partial charge in [-0.05, 0) is 35.4 Å². The summed E-state index contributed by atoms with van der Waals surface area (Å²) < 4.78 is 58.2. The molecule has 3 rings (SSSR count). The Hall–Kier alpha value is -2.45. The van der Waals surface area contributed by atoms with Gasteiger partial charge in [-0.3, -0.25) is 9.69 Å². The first kappa shape index (κ1) is 20.3. The minimum Gasteiger partial charge on any atom is -0.379 e. The van der Waals surface area contributed by atoms with Gasteiger partial charge < -0.3 is 10.1 Å². The Morgan fingerprint density at radius 2 is 1.79 bits per heavy atom. The van der Waals surface area contributed by atoms with Crippen molar-refractivity contribution < 1.29 is 27.1 Å². The molecule has 1 saturated heterocycles. The quantitative estimate of drug-likeness (QED) is 0.786. The van der Waals surface area contributed by atoms with E-state index in [1.54, 1.807) is 0 Å². The van der Waals surface area contributed by atoms with Crippen LogP contribution in [0.15, 0.2) is 42.5 Å². The Labute approximate surface area is 160 Å². The lowest BCUT2D eigenvalue weighted by atomic mass is 10.0. The number of alkyl halides is 3. The number of carbonyl (C=O) groups excluding carboxylic acids is 1. The van der Waals surface area contributed by atoms with Crippen molar-refractivity contribution in [3.8, 4) is 11.1 Å². The summed E-state index contributed by atoms with van der Waals surface area (Å²) in [4.78, 5) is 14.3. The third-order valence-corrected chi connectivity index (χ3v) is 4.55. The van der Waals surface area contributed by atoms with Gasteiger partial charge in [0.05, 0.1) is 24.3 Å². The van der Waals surface area contributed by atoms with Crippen molar-refractivity contribution >= 4 is 5.91 Å². The number of morpholine rings is 1. The van der Waals surface area contributed by atoms with Crippen LogP contribution in [-0.2, 0) is 10.9 Å². The molecule has 0 spiro atoms. The average Bonchev–Trinajstić information content (AvgIpc) is 2.68. The molecule has 1 N–H and O–H groups in total. The first-order valence-electron chi connectivity index (χ1n) is 8.90. The van der Waals surface area contributed by atoms with E-state index in [-0.39, 0.29) is 16.7 Å². The summed E-state index contributed by atoms with van der Waals surface area (Å²) in [5, 5.41) is 2.67. The Morgan fingerprint density at radius 1 is 1.07 bits per heavy atom. The second kappa shape index (κ2) is 8.70. The molecule has 150 valence electrons. The summed E-state index contributed by atoms with van der Waals surface area (Å²) in [6.07, 6.45) is -4.48. The number of carbonyl (C=O) groups is 1. The molecule has 1 fully saturated rings. The summed E-state index contributed by atoms with van der Waals surface area (Å²) in [6.45, 7) is 3.89. The van der Waals surface area contributed by atoms with Crippen molar-refractivity contribution in [2.75, 3.05) is 39.4 Å². The van der Waals surface area contributed by atoms with Crippen molar-refractivity contribution in [1.82, 2.24) is 10.2 Å². The Morgan fingerprint density at radius 3 is 2.46 bits per heavy atom. The number of hydrogen-bond acceptors (Lipinski definition) is 3. The van der Waals surface area contributed by atoms with E-state index in [1.165, 1.54) is 24.3 Å². The molecule has 28 heavy (non-hydrogen) atoms. The van der Waals surface area contributed by atoms with Gasteiger partial charge in [0.25, 0.3) is 5.91 Å². The topological polar surface area (TPSA) is 41.6 Å². The Balaban J connectivity index is 1.66. The zero-order chi connectivity index (χ0) is 20.1. The number of hydrogen-bond donors (Lipinski definition) is 1. The van der Waals surface area contributed by atoms with Gasteiger partial charge >= 0.3 is 6.18 Å². The molecular weight excluding hydrogens is 376 g/mol. The molecule has 1 aliphatic rings. The molecule has 0 aromatic heterocycles. The normalized spacial score (nSPS) is 15.4. The van der Waals surface area contributed by atoms with E-state index in [2.05, 4.69) is 10.2 Å². The third-order valence-electron chi connectivity index (χ3n) is 4.55. The van der Waals surface area contributed by atoms with Crippen LogP contribution in [-0.4, -0.2) is 50.2 Å². The maximum Gasteiger partial charge on any atom is 0.416 e. The maximum absolute atomic E-state index is 14.4. The van der Waals surface area contributed by atoms with Gasteiger partial charge in [0.15, 0.2) is 0 Å². The van der Waals surface area contributed by atoms with Gasteiger partial charge in [0.1, 0.15) is 5.82 Å². The van der Waals surface area contributed by atoms with Gasteiger partial charge in [-0.25, -0.2) is 4.39 Å². The van der Waals surface area contributed by atoms with Crippen LogP contribution in [0, 0.1) is 5.82 Å². The van der Waals surface area contributed by atoms with Crippen LogP contribution in [0.3, 0.4) is 0 Å². The van der Waals surface area contributed by atoms with E-state index < -0.39 is 23.5 Å². The van der Waals surface area contributed by atoms with E-state index in [0.29, 0.717) is 26.3 Å². The first-order chi connectivity index (χ1) is 13.3. The van der Waals surface area contributed by atoms with Gasteiger partial charge in [-0.15, -0.1) is 0 Å². The van der Waals surface area contributed by atoms with Crippen molar-refractivity contribution in [3.63, 3.8) is 0 Å². The summed E-state index contributed by atoms with van der Waals surface area (Å²) in [5.74, 6) is -1.33. The number of ether oxygens (including phenoxy) is 1. The maximum atomic E-state index is 14.4. The van der Waals surface area contributed by atoms with Crippen molar-refractivity contribution in [2.24, 2.45) is 0 Å². The minimum atomic E-state index is -4.48. The fourth-order valence-electron chi connectivity index (χ4n) is 3.00. The molecule has 2 aromatic rings. The molecule has 1 amide bonds. The van der Waals surface area contributed by atoms with Gasteiger partial charge in [-0.1, -0.05) is 18.2 Å². The van der Waals surface area contributed by atoms with Gasteiger partial charge in [-0.2, -0.15) is 13.2 Å². The molecule has 8 heteroatoms. The molecule has 0 saturated carbocycles. The van der Waals surface area contributed by atoms with E-state index in [4.69, 9.17) is 4.74 Å². The number of amides is 1. The number of benzene rings is 2. The number of nitrogens with one attached hydrogen (secondary N) is 1. The lowest BCUT2D eigenvalue weighted by Gasteiger charge is -2.26. The molecular formula is C20H20F4N2O2. The highest BCUT2D eigenvalue weighted by atomic mass is 19.4. The highest BCUT2D eigenvalue weighted by Crippen LogP contribution is 2.32. The summed E-state index contributed by atoms with van der Waals surface area (Å²) in [5.41, 5.74) is -0.450. The van der Waals surface area contributed by atoms with Crippen LogP contribution < -0.4 is 5.32 Å². The van der Waals surface area contributed by atoms with Gasteiger partial charge in [0.2, 0.25) is 0 Å². The monoisotopic (exact) mass is 396 g/mol. The van der Waals surface area contributed by atoms with Crippen LogP contribution in [0.2, 0.25) is 0 Å². The average molecular weight is 396 g/mol. The zero-order valence-corrected chi connectivity index (χ0v) is 15.1. The molecule has 1 heterocycles. The van der Waals surface area contributed by atoms with Crippen LogP contribution >= 0.6 is 0 Å². The predicted molar refractivity (Wildman–Crippen MR) is 96.4 cm³/mol. The van der Waals surface area contributed by atoms with Crippen molar-refractivity contribution in [3.05, 3.63) is 59.4 Å². The minimum absolute atomic E-state index is 0.141. The van der Waals surface area contributed by atoms with Crippen LogP contribution in [0.1, 0.15) is 15.9 Å².